The van der Waals surface area contributed by atoms with Crippen LogP contribution in [-0.2, 0) is 6.42 Å². The average molecular weight is 301 g/mol. The molecule has 0 aliphatic rings. The SMILES string of the molecule is CC.CC.CCc1cccc(-c2cccc(N=O)c2)c1OC. The Morgan fingerprint density at radius 2 is 1.64 bits per heavy atom. The Balaban J connectivity index is 0.00000102. The topological polar surface area (TPSA) is 38.7 Å². The van der Waals surface area contributed by atoms with Crippen LogP contribution in [0.25, 0.3) is 11.1 Å². The van der Waals surface area contributed by atoms with Gasteiger partial charge in [-0.15, -0.1) is 4.91 Å². The second-order valence-electron chi connectivity index (χ2n) is 3.99. The van der Waals surface area contributed by atoms with Crippen molar-refractivity contribution in [3.63, 3.8) is 0 Å². The Labute approximate surface area is 134 Å². The van der Waals surface area contributed by atoms with Gasteiger partial charge in [0.1, 0.15) is 11.4 Å². The highest BCUT2D eigenvalue weighted by Gasteiger charge is 2.09. The summed E-state index contributed by atoms with van der Waals surface area (Å²) in [6, 6.07) is 13.3. The summed E-state index contributed by atoms with van der Waals surface area (Å²) in [6.07, 6.45) is 0.905. The lowest BCUT2D eigenvalue weighted by Gasteiger charge is -2.12. The first kappa shape index (κ1) is 19.8. The minimum Gasteiger partial charge on any atom is -0.496 e. The molecular formula is C19H27NO2. The molecule has 2 aromatic rings. The molecule has 0 aromatic heterocycles. The predicted octanol–water partition coefficient (Wildman–Crippen LogP) is 6.37. The van der Waals surface area contributed by atoms with Gasteiger partial charge in [0.25, 0.3) is 0 Å². The van der Waals surface area contributed by atoms with Crippen LogP contribution in [0.3, 0.4) is 0 Å². The number of para-hydroxylation sites is 1. The highest BCUT2D eigenvalue weighted by Crippen LogP contribution is 2.34. The Kier molecular flexibility index (Phi) is 10.4. The molecule has 0 amide bonds. The lowest BCUT2D eigenvalue weighted by atomic mass is 10.00. The van der Waals surface area contributed by atoms with Crippen LogP contribution in [-0.4, -0.2) is 7.11 Å². The molecule has 0 fully saturated rings. The zero-order valence-corrected chi connectivity index (χ0v) is 14.5. The number of aryl methyl sites for hydroxylation is 1. The molecule has 0 unspecified atom stereocenters. The van der Waals surface area contributed by atoms with Gasteiger partial charge < -0.3 is 4.74 Å². The van der Waals surface area contributed by atoms with Gasteiger partial charge in [0.15, 0.2) is 0 Å². The minimum atomic E-state index is 0.427. The van der Waals surface area contributed by atoms with E-state index in [0.29, 0.717) is 5.69 Å². The molecule has 0 N–H and O–H groups in total. The van der Waals surface area contributed by atoms with E-state index in [-0.39, 0.29) is 0 Å². The highest BCUT2D eigenvalue weighted by atomic mass is 16.5. The van der Waals surface area contributed by atoms with Gasteiger partial charge in [-0.25, -0.2) is 0 Å². The third-order valence-corrected chi connectivity index (χ3v) is 2.94. The zero-order chi connectivity index (χ0) is 17.0. The molecule has 0 bridgehead atoms. The van der Waals surface area contributed by atoms with Crippen molar-refractivity contribution in [2.24, 2.45) is 5.18 Å². The van der Waals surface area contributed by atoms with E-state index in [2.05, 4.69) is 12.1 Å². The second-order valence-corrected chi connectivity index (χ2v) is 3.99. The van der Waals surface area contributed by atoms with E-state index >= 15 is 0 Å². The first-order valence-electron chi connectivity index (χ1n) is 7.89. The molecule has 0 spiro atoms. The Bertz CT molecular complexity index is 565. The van der Waals surface area contributed by atoms with Crippen molar-refractivity contribution in [2.75, 3.05) is 7.11 Å². The summed E-state index contributed by atoms with van der Waals surface area (Å²) in [5.74, 6) is 0.864. The van der Waals surface area contributed by atoms with Crippen LogP contribution >= 0.6 is 0 Å². The molecular weight excluding hydrogens is 274 g/mol. The third kappa shape index (κ3) is 4.99. The van der Waals surface area contributed by atoms with Gasteiger partial charge in [-0.2, -0.15) is 0 Å². The van der Waals surface area contributed by atoms with Crippen molar-refractivity contribution in [2.45, 2.75) is 41.0 Å². The molecule has 120 valence electrons. The van der Waals surface area contributed by atoms with Crippen LogP contribution in [0.1, 0.15) is 40.2 Å². The van der Waals surface area contributed by atoms with Crippen molar-refractivity contribution in [1.82, 2.24) is 0 Å². The number of nitrogens with zero attached hydrogens (tertiary/aromatic N) is 1. The van der Waals surface area contributed by atoms with Crippen molar-refractivity contribution in [3.8, 4) is 16.9 Å². The lowest BCUT2D eigenvalue weighted by molar-refractivity contribution is 0.412. The molecule has 3 nitrogen and oxygen atoms in total. The Morgan fingerprint density at radius 3 is 2.18 bits per heavy atom. The first-order valence-corrected chi connectivity index (χ1v) is 7.89. The lowest BCUT2D eigenvalue weighted by Crippen LogP contribution is -1.93. The molecule has 0 aliphatic heterocycles. The van der Waals surface area contributed by atoms with Gasteiger partial charge in [-0.1, -0.05) is 65.0 Å². The molecule has 2 aromatic carbocycles. The van der Waals surface area contributed by atoms with Crippen LogP contribution in [0.15, 0.2) is 47.6 Å². The third-order valence-electron chi connectivity index (χ3n) is 2.94. The Hall–Kier alpha value is -2.16. The van der Waals surface area contributed by atoms with Crippen LogP contribution in [0.5, 0.6) is 5.75 Å². The van der Waals surface area contributed by atoms with Crippen molar-refractivity contribution < 1.29 is 4.74 Å². The highest BCUT2D eigenvalue weighted by molar-refractivity contribution is 5.74. The Morgan fingerprint density at radius 1 is 1.00 bits per heavy atom. The fourth-order valence-electron chi connectivity index (χ4n) is 2.06. The first-order chi connectivity index (χ1) is 10.8. The molecule has 0 saturated heterocycles. The van der Waals surface area contributed by atoms with Crippen LogP contribution in [0.4, 0.5) is 5.69 Å². The summed E-state index contributed by atoms with van der Waals surface area (Å²) in [5, 5.41) is 2.96. The molecule has 0 saturated carbocycles. The van der Waals surface area contributed by atoms with E-state index in [9.17, 15) is 4.91 Å². The fourth-order valence-corrected chi connectivity index (χ4v) is 2.06. The molecule has 0 aliphatic carbocycles. The number of nitroso groups, excluding NO2 is 1. The number of ether oxygens (including phenoxy) is 1. The molecule has 0 radical (unpaired) electrons. The van der Waals surface area contributed by atoms with E-state index in [1.807, 2.05) is 58.0 Å². The van der Waals surface area contributed by atoms with Gasteiger partial charge in [0.05, 0.1) is 7.11 Å². The molecule has 0 atom stereocenters. The molecule has 3 heteroatoms. The van der Waals surface area contributed by atoms with Gasteiger partial charge in [0.2, 0.25) is 0 Å². The van der Waals surface area contributed by atoms with E-state index in [1.165, 1.54) is 0 Å². The summed E-state index contributed by atoms with van der Waals surface area (Å²) < 4.78 is 5.49. The smallest absolute Gasteiger partial charge is 0.129 e. The maximum atomic E-state index is 10.6. The van der Waals surface area contributed by atoms with Crippen molar-refractivity contribution in [1.29, 1.82) is 0 Å². The summed E-state index contributed by atoms with van der Waals surface area (Å²) in [4.78, 5) is 10.6. The number of hydrogen-bond acceptors (Lipinski definition) is 3. The number of hydrogen-bond donors (Lipinski definition) is 0. The van der Waals surface area contributed by atoms with Crippen molar-refractivity contribution >= 4 is 5.69 Å². The summed E-state index contributed by atoms with van der Waals surface area (Å²) >= 11 is 0. The van der Waals surface area contributed by atoms with Gasteiger partial charge in [-0.05, 0) is 34.9 Å². The number of rotatable bonds is 4. The second kappa shape index (κ2) is 11.5. The molecule has 22 heavy (non-hydrogen) atoms. The zero-order valence-electron chi connectivity index (χ0n) is 14.5. The number of methoxy groups -OCH3 is 1. The van der Waals surface area contributed by atoms with E-state index in [0.717, 1.165) is 28.9 Å². The van der Waals surface area contributed by atoms with Gasteiger partial charge in [0, 0.05) is 5.56 Å². The van der Waals surface area contributed by atoms with Crippen LogP contribution < -0.4 is 4.74 Å². The van der Waals surface area contributed by atoms with Crippen LogP contribution in [0, 0.1) is 4.91 Å². The average Bonchev–Trinajstić information content (AvgIpc) is 2.64. The summed E-state index contributed by atoms with van der Waals surface area (Å²) in [6.45, 7) is 10.1. The maximum Gasteiger partial charge on any atom is 0.129 e. The summed E-state index contributed by atoms with van der Waals surface area (Å²) in [5.41, 5.74) is 3.51. The normalized spacial score (nSPS) is 8.82. The monoisotopic (exact) mass is 301 g/mol. The predicted molar refractivity (Wildman–Crippen MR) is 96.0 cm³/mol. The van der Waals surface area contributed by atoms with Crippen molar-refractivity contribution in [3.05, 3.63) is 52.9 Å². The molecule has 0 heterocycles. The van der Waals surface area contributed by atoms with Crippen LogP contribution in [0.2, 0.25) is 0 Å². The summed E-state index contributed by atoms with van der Waals surface area (Å²) in [7, 11) is 1.67. The van der Waals surface area contributed by atoms with Gasteiger partial charge >= 0.3 is 0 Å². The number of benzene rings is 2. The minimum absolute atomic E-state index is 0.427. The van der Waals surface area contributed by atoms with E-state index in [1.54, 1.807) is 19.2 Å². The standard InChI is InChI=1S/C15H15NO2.2C2H6/c1-3-11-6-5-9-14(15(11)18-2)12-7-4-8-13(10-12)16-17;2*1-2/h4-10H,3H2,1-2H3;2*1-2H3. The molecule has 2 rings (SSSR count). The maximum absolute atomic E-state index is 10.6. The van der Waals surface area contributed by atoms with E-state index in [4.69, 9.17) is 4.74 Å². The van der Waals surface area contributed by atoms with Gasteiger partial charge in [-0.3, -0.25) is 0 Å². The van der Waals surface area contributed by atoms with E-state index < -0.39 is 0 Å². The fraction of sp³-hybridized carbons (Fsp3) is 0.368. The quantitative estimate of drug-likeness (QED) is 0.615. The largest absolute Gasteiger partial charge is 0.496 e.